The summed E-state index contributed by atoms with van der Waals surface area (Å²) in [5.41, 5.74) is 7.14. The van der Waals surface area contributed by atoms with E-state index in [4.69, 9.17) is 5.73 Å². The highest BCUT2D eigenvalue weighted by molar-refractivity contribution is 5.82. The van der Waals surface area contributed by atoms with Crippen LogP contribution in [0.5, 0.6) is 0 Å². The number of benzene rings is 1. The minimum absolute atomic E-state index is 0.0718. The Hall–Kier alpha value is -1.35. The van der Waals surface area contributed by atoms with Crippen molar-refractivity contribution >= 4 is 5.91 Å². The zero-order valence-electron chi connectivity index (χ0n) is 11.4. The van der Waals surface area contributed by atoms with Gasteiger partial charge in [-0.15, -0.1) is 0 Å². The minimum atomic E-state index is -0.425. The highest BCUT2D eigenvalue weighted by Gasteiger charge is 2.19. The molecule has 0 fully saturated rings. The van der Waals surface area contributed by atoms with Gasteiger partial charge in [0.1, 0.15) is 0 Å². The van der Waals surface area contributed by atoms with Crippen molar-refractivity contribution in [2.45, 2.75) is 39.2 Å². The molecule has 3 nitrogen and oxygen atoms in total. The van der Waals surface area contributed by atoms with E-state index in [0.29, 0.717) is 6.42 Å². The predicted molar refractivity (Wildman–Crippen MR) is 75.3 cm³/mol. The average molecular weight is 248 g/mol. The SMILES string of the molecule is CCCN(CCC)C(=O)C(N)Cc1ccccc1. The number of hydrogen-bond donors (Lipinski definition) is 1. The van der Waals surface area contributed by atoms with Crippen molar-refractivity contribution in [3.8, 4) is 0 Å². The standard InChI is InChI=1S/C15H24N2O/c1-3-10-17(11-4-2)15(18)14(16)12-13-8-6-5-7-9-13/h5-9,14H,3-4,10-12,16H2,1-2H3. The van der Waals surface area contributed by atoms with Crippen molar-refractivity contribution in [1.29, 1.82) is 0 Å². The zero-order chi connectivity index (χ0) is 13.4. The lowest BCUT2D eigenvalue weighted by molar-refractivity contribution is -0.132. The maximum absolute atomic E-state index is 12.2. The van der Waals surface area contributed by atoms with Gasteiger partial charge in [-0.3, -0.25) is 4.79 Å². The summed E-state index contributed by atoms with van der Waals surface area (Å²) in [6.07, 6.45) is 2.57. The average Bonchev–Trinajstić information content (AvgIpc) is 2.39. The lowest BCUT2D eigenvalue weighted by atomic mass is 10.1. The van der Waals surface area contributed by atoms with Crippen molar-refractivity contribution in [3.05, 3.63) is 35.9 Å². The van der Waals surface area contributed by atoms with Crippen LogP contribution in [0.25, 0.3) is 0 Å². The van der Waals surface area contributed by atoms with E-state index in [9.17, 15) is 4.79 Å². The Morgan fingerprint density at radius 2 is 1.72 bits per heavy atom. The summed E-state index contributed by atoms with van der Waals surface area (Å²) in [7, 11) is 0. The van der Waals surface area contributed by atoms with Gasteiger partial charge in [-0.05, 0) is 24.8 Å². The van der Waals surface area contributed by atoms with E-state index in [-0.39, 0.29) is 5.91 Å². The largest absolute Gasteiger partial charge is 0.341 e. The summed E-state index contributed by atoms with van der Waals surface area (Å²) in [5, 5.41) is 0. The first-order chi connectivity index (χ1) is 8.69. The van der Waals surface area contributed by atoms with Crippen LogP contribution in [0, 0.1) is 0 Å². The molecule has 0 aliphatic carbocycles. The third-order valence-corrected chi connectivity index (χ3v) is 2.91. The Morgan fingerprint density at radius 3 is 2.22 bits per heavy atom. The molecule has 100 valence electrons. The van der Waals surface area contributed by atoms with E-state index in [0.717, 1.165) is 31.5 Å². The molecule has 1 aromatic carbocycles. The first kappa shape index (κ1) is 14.7. The van der Waals surface area contributed by atoms with Crippen LogP contribution in [0.4, 0.5) is 0 Å². The number of nitrogens with two attached hydrogens (primary N) is 1. The van der Waals surface area contributed by atoms with Crippen LogP contribution in [0.15, 0.2) is 30.3 Å². The zero-order valence-corrected chi connectivity index (χ0v) is 11.4. The molecule has 0 spiro atoms. The Bertz CT molecular complexity index is 345. The molecule has 18 heavy (non-hydrogen) atoms. The van der Waals surface area contributed by atoms with Crippen LogP contribution in [0.1, 0.15) is 32.3 Å². The Morgan fingerprint density at radius 1 is 1.17 bits per heavy atom. The number of hydrogen-bond acceptors (Lipinski definition) is 2. The van der Waals surface area contributed by atoms with E-state index in [2.05, 4.69) is 13.8 Å². The van der Waals surface area contributed by atoms with Crippen LogP contribution in [0.2, 0.25) is 0 Å². The third-order valence-electron chi connectivity index (χ3n) is 2.91. The van der Waals surface area contributed by atoms with Gasteiger partial charge in [0.15, 0.2) is 0 Å². The minimum Gasteiger partial charge on any atom is -0.341 e. The van der Waals surface area contributed by atoms with Crippen molar-refractivity contribution in [2.24, 2.45) is 5.73 Å². The van der Waals surface area contributed by atoms with Gasteiger partial charge in [0, 0.05) is 13.1 Å². The monoisotopic (exact) mass is 248 g/mol. The molecule has 2 N–H and O–H groups in total. The molecule has 0 heterocycles. The molecule has 0 bridgehead atoms. The fraction of sp³-hybridized carbons (Fsp3) is 0.533. The van der Waals surface area contributed by atoms with Crippen LogP contribution in [-0.4, -0.2) is 29.9 Å². The number of carbonyl (C=O) groups is 1. The van der Waals surface area contributed by atoms with Gasteiger partial charge in [-0.1, -0.05) is 44.2 Å². The number of nitrogens with zero attached hydrogens (tertiary/aromatic N) is 1. The molecule has 0 saturated heterocycles. The van der Waals surface area contributed by atoms with Gasteiger partial charge in [-0.2, -0.15) is 0 Å². The first-order valence-electron chi connectivity index (χ1n) is 6.77. The second kappa shape index (κ2) is 7.88. The quantitative estimate of drug-likeness (QED) is 0.804. The maximum Gasteiger partial charge on any atom is 0.239 e. The number of carbonyl (C=O) groups excluding carboxylic acids is 1. The van der Waals surface area contributed by atoms with Gasteiger partial charge >= 0.3 is 0 Å². The molecular weight excluding hydrogens is 224 g/mol. The molecule has 0 aromatic heterocycles. The van der Waals surface area contributed by atoms with E-state index >= 15 is 0 Å². The van der Waals surface area contributed by atoms with Crippen molar-refractivity contribution in [3.63, 3.8) is 0 Å². The second-order valence-corrected chi connectivity index (χ2v) is 4.62. The summed E-state index contributed by atoms with van der Waals surface area (Å²) >= 11 is 0. The molecule has 0 radical (unpaired) electrons. The normalized spacial score (nSPS) is 12.2. The van der Waals surface area contributed by atoms with Gasteiger partial charge in [-0.25, -0.2) is 0 Å². The Labute approximate surface area is 110 Å². The lowest BCUT2D eigenvalue weighted by Gasteiger charge is -2.25. The van der Waals surface area contributed by atoms with Crippen LogP contribution in [-0.2, 0) is 11.2 Å². The first-order valence-corrected chi connectivity index (χ1v) is 6.77. The fourth-order valence-electron chi connectivity index (χ4n) is 2.06. The third kappa shape index (κ3) is 4.49. The van der Waals surface area contributed by atoms with Gasteiger partial charge in [0.25, 0.3) is 0 Å². The van der Waals surface area contributed by atoms with E-state index in [1.807, 2.05) is 35.2 Å². The molecule has 0 saturated carbocycles. The number of rotatable bonds is 7. The van der Waals surface area contributed by atoms with Crippen LogP contribution >= 0.6 is 0 Å². The van der Waals surface area contributed by atoms with Gasteiger partial charge in [0.2, 0.25) is 5.91 Å². The van der Waals surface area contributed by atoms with E-state index in [1.54, 1.807) is 0 Å². The van der Waals surface area contributed by atoms with Crippen molar-refractivity contribution in [2.75, 3.05) is 13.1 Å². The molecular formula is C15H24N2O. The molecule has 1 rings (SSSR count). The van der Waals surface area contributed by atoms with E-state index in [1.165, 1.54) is 0 Å². The van der Waals surface area contributed by atoms with Crippen LogP contribution < -0.4 is 5.73 Å². The van der Waals surface area contributed by atoms with Crippen molar-refractivity contribution in [1.82, 2.24) is 4.90 Å². The van der Waals surface area contributed by atoms with Crippen LogP contribution in [0.3, 0.4) is 0 Å². The molecule has 3 heteroatoms. The molecule has 0 aliphatic heterocycles. The second-order valence-electron chi connectivity index (χ2n) is 4.62. The summed E-state index contributed by atoms with van der Waals surface area (Å²) in [6, 6.07) is 9.52. The topological polar surface area (TPSA) is 46.3 Å². The van der Waals surface area contributed by atoms with Gasteiger partial charge in [0.05, 0.1) is 6.04 Å². The highest BCUT2D eigenvalue weighted by atomic mass is 16.2. The molecule has 1 aromatic rings. The molecule has 1 unspecified atom stereocenters. The van der Waals surface area contributed by atoms with Gasteiger partial charge < -0.3 is 10.6 Å². The maximum atomic E-state index is 12.2. The Kier molecular flexibility index (Phi) is 6.44. The lowest BCUT2D eigenvalue weighted by Crippen LogP contribution is -2.45. The summed E-state index contributed by atoms with van der Waals surface area (Å²) in [4.78, 5) is 14.1. The smallest absolute Gasteiger partial charge is 0.239 e. The Balaban J connectivity index is 2.58. The number of amides is 1. The predicted octanol–water partition coefficient (Wildman–Crippen LogP) is 2.21. The summed E-state index contributed by atoms with van der Waals surface area (Å²) < 4.78 is 0. The molecule has 1 amide bonds. The van der Waals surface area contributed by atoms with Crippen molar-refractivity contribution < 1.29 is 4.79 Å². The molecule has 1 atom stereocenters. The highest BCUT2D eigenvalue weighted by Crippen LogP contribution is 2.05. The summed E-state index contributed by atoms with van der Waals surface area (Å²) in [6.45, 7) is 5.77. The molecule has 0 aliphatic rings. The van der Waals surface area contributed by atoms with E-state index < -0.39 is 6.04 Å². The summed E-state index contributed by atoms with van der Waals surface area (Å²) in [5.74, 6) is 0.0718. The fourth-order valence-corrected chi connectivity index (χ4v) is 2.06.